The number of benzene rings is 2. The first-order chi connectivity index (χ1) is 48.7. The van der Waals surface area contributed by atoms with Crippen molar-refractivity contribution in [2.24, 2.45) is 11.8 Å². The molecule has 4 saturated heterocycles. The lowest BCUT2D eigenvalue weighted by Gasteiger charge is -2.33. The second kappa shape index (κ2) is 31.4. The first-order valence-corrected chi connectivity index (χ1v) is 35.9. The van der Waals surface area contributed by atoms with Gasteiger partial charge in [-0.25, -0.2) is 29.9 Å². The molecule has 524 valence electrons. The number of rotatable bonds is 19. The highest BCUT2D eigenvalue weighted by molar-refractivity contribution is 8.01. The molecule has 2 atom stereocenters. The molecule has 0 saturated carbocycles. The number of hydrogen-bond acceptors (Lipinski definition) is 20. The maximum absolute atomic E-state index is 13.9. The van der Waals surface area contributed by atoms with Crippen LogP contribution in [0.15, 0.2) is 147 Å². The Kier molecular flexibility index (Phi) is 22.3. The highest BCUT2D eigenvalue weighted by Gasteiger charge is 2.45. The van der Waals surface area contributed by atoms with Gasteiger partial charge in [-0.2, -0.15) is 36.5 Å². The molecule has 0 spiro atoms. The average Bonchev–Trinajstić information content (AvgIpc) is 1.66. The van der Waals surface area contributed by atoms with Crippen LogP contribution in [0.3, 0.4) is 0 Å². The van der Waals surface area contributed by atoms with Gasteiger partial charge in [0, 0.05) is 153 Å². The molecule has 20 nitrogen and oxygen atoms in total. The molecule has 4 fully saturated rings. The van der Waals surface area contributed by atoms with E-state index in [1.54, 1.807) is 73.2 Å². The number of aromatic nitrogens is 12. The fourth-order valence-electron chi connectivity index (χ4n) is 13.3. The van der Waals surface area contributed by atoms with Gasteiger partial charge in [0.15, 0.2) is 29.0 Å². The Morgan fingerprint density at radius 2 is 1.00 bits per heavy atom. The van der Waals surface area contributed by atoms with Crippen molar-refractivity contribution in [3.05, 3.63) is 169 Å². The Morgan fingerprint density at radius 3 is 1.42 bits per heavy atom. The molecule has 101 heavy (non-hydrogen) atoms. The summed E-state index contributed by atoms with van der Waals surface area (Å²) in [5, 5.41) is 18.8. The number of nitrogens with one attached hydrogen (secondary N) is 3. The number of anilines is 2. The van der Waals surface area contributed by atoms with Gasteiger partial charge in [-0.15, -0.1) is 35.1 Å². The smallest absolute Gasteiger partial charge is 0.357 e. The Labute approximate surface area is 591 Å². The van der Waals surface area contributed by atoms with Crippen LogP contribution in [-0.2, 0) is 44.4 Å². The van der Waals surface area contributed by atoms with E-state index >= 15 is 0 Å². The van der Waals surface area contributed by atoms with Crippen LogP contribution >= 0.6 is 35.1 Å². The van der Waals surface area contributed by atoms with Gasteiger partial charge < -0.3 is 15.1 Å². The molecule has 3 N–H and O–H groups in total. The summed E-state index contributed by atoms with van der Waals surface area (Å²) in [5.41, 5.74) is 4.10. The third-order valence-electron chi connectivity index (χ3n) is 19.1. The Balaban J connectivity index is 0.000000159. The quantitative estimate of drug-likeness (QED) is 0.0502. The molecule has 0 bridgehead atoms. The summed E-state index contributed by atoms with van der Waals surface area (Å²) in [6.45, 7) is 6.10. The summed E-state index contributed by atoms with van der Waals surface area (Å²) in [4.78, 5) is 91.3. The predicted molar refractivity (Wildman–Crippen MR) is 378 cm³/mol. The van der Waals surface area contributed by atoms with Crippen LogP contribution < -0.4 is 15.1 Å². The van der Waals surface area contributed by atoms with Crippen LogP contribution in [0.5, 0.6) is 0 Å². The number of hydrogen-bond donors (Lipinski definition) is 3. The number of H-pyrrole nitrogens is 2. The molecule has 8 aromatic heterocycles. The molecule has 10 aromatic rings. The highest BCUT2D eigenvalue weighted by Crippen LogP contribution is 2.40. The van der Waals surface area contributed by atoms with Crippen LogP contribution in [0.1, 0.15) is 61.0 Å². The Hall–Kier alpha value is -9.09. The zero-order valence-corrected chi connectivity index (χ0v) is 57.5. The third-order valence-corrected chi connectivity index (χ3v) is 22.0. The van der Waals surface area contributed by atoms with Crippen molar-refractivity contribution in [2.45, 2.75) is 73.2 Å². The number of aromatic amines is 2. The molecule has 29 heteroatoms. The van der Waals surface area contributed by atoms with Crippen molar-refractivity contribution < 1.29 is 45.5 Å². The second-order valence-corrected chi connectivity index (χ2v) is 27.9. The molecular weight excluding hydrogens is 1370 g/mol. The van der Waals surface area contributed by atoms with E-state index in [0.717, 1.165) is 123 Å². The number of piperidine rings is 2. The van der Waals surface area contributed by atoms with Crippen molar-refractivity contribution in [1.82, 2.24) is 70.5 Å². The minimum absolute atomic E-state index is 0.0355. The Bertz CT molecular complexity index is 4540. The minimum atomic E-state index is -4.58. The topological polar surface area (TPSA) is 251 Å². The molecular formula is C72H71ClF6N16O4S2. The van der Waals surface area contributed by atoms with Crippen LogP contribution in [0.25, 0.3) is 67.1 Å². The fraction of sp³-hybridized carbons (Fsp3) is 0.361. The van der Waals surface area contributed by atoms with Crippen LogP contribution in [0.4, 0.5) is 38.0 Å². The maximum atomic E-state index is 13.9. The number of nitrogens with zero attached hydrogens (tertiary/aromatic N) is 13. The number of fused-ring (bicyclic) bond motifs is 2. The summed E-state index contributed by atoms with van der Waals surface area (Å²) < 4.78 is 77.9. The van der Waals surface area contributed by atoms with E-state index in [1.165, 1.54) is 23.9 Å². The van der Waals surface area contributed by atoms with Crippen LogP contribution in [0.2, 0.25) is 0 Å². The molecule has 2 aromatic carbocycles. The molecule has 14 rings (SSSR count). The zero-order chi connectivity index (χ0) is 70.9. The number of pyridine rings is 4. The van der Waals surface area contributed by atoms with Gasteiger partial charge in [-0.1, -0.05) is 12.1 Å². The van der Waals surface area contributed by atoms with E-state index < -0.39 is 33.2 Å². The van der Waals surface area contributed by atoms with E-state index in [0.29, 0.717) is 83.0 Å². The van der Waals surface area contributed by atoms with Gasteiger partial charge in [-0.3, -0.25) is 44.2 Å². The molecule has 4 aliphatic heterocycles. The molecule has 0 amide bonds. The van der Waals surface area contributed by atoms with Crippen LogP contribution in [0, 0.1) is 11.8 Å². The van der Waals surface area contributed by atoms with E-state index in [1.807, 2.05) is 61.0 Å². The van der Waals surface area contributed by atoms with Crippen molar-refractivity contribution >= 4 is 91.7 Å². The minimum Gasteiger partial charge on any atom is -0.357 e. The lowest BCUT2D eigenvalue weighted by molar-refractivity contribution is -0.141. The molecule has 12 heterocycles. The SMILES string of the molecule is CS[C@@]1(C(=O)Cc2ccc3[nH]nc(-c4ccnc(C(F)(F)F)c4)c3c2)CCN(CC(=O)C2CCN(c3ccc(-c4ncccn4)cn3)CC2)C1.CS[C@@]1(C(=O)Cc2ccc3[nH]nc(-c4ccnc(C(F)(F)F)c4)c3c2)CCNC1.O=C(CCl)C1CCN(c2ccc(-c3ncccn3)cn2)CC1. The average molecular weight is 1440 g/mol. The lowest BCUT2D eigenvalue weighted by Crippen LogP contribution is -2.42. The van der Waals surface area contributed by atoms with E-state index in [-0.39, 0.29) is 59.3 Å². The fourth-order valence-corrected chi connectivity index (χ4v) is 15.2. The third kappa shape index (κ3) is 16.8. The van der Waals surface area contributed by atoms with Gasteiger partial charge in [0.25, 0.3) is 0 Å². The predicted octanol–water partition coefficient (Wildman–Crippen LogP) is 12.3. The van der Waals surface area contributed by atoms with E-state index in [2.05, 4.69) is 80.3 Å². The van der Waals surface area contributed by atoms with Crippen molar-refractivity contribution in [3.8, 4) is 45.3 Å². The van der Waals surface area contributed by atoms with Crippen LogP contribution in [-0.4, -0.2) is 175 Å². The van der Waals surface area contributed by atoms with Gasteiger partial charge >= 0.3 is 12.4 Å². The summed E-state index contributed by atoms with van der Waals surface area (Å²) in [7, 11) is 0. The summed E-state index contributed by atoms with van der Waals surface area (Å²) in [6, 6.07) is 27.3. The maximum Gasteiger partial charge on any atom is 0.433 e. The molecule has 4 aliphatic rings. The van der Waals surface area contributed by atoms with Crippen molar-refractivity contribution in [2.75, 3.05) is 87.1 Å². The zero-order valence-electron chi connectivity index (χ0n) is 55.1. The number of likely N-dealkylation sites (tertiary alicyclic amines) is 1. The number of thioether (sulfide) groups is 2. The number of halogens is 7. The lowest BCUT2D eigenvalue weighted by atomic mass is 9.92. The number of ketones is 4. The number of Topliss-reactive ketones (excluding diaryl/α,β-unsaturated/α-hetero) is 4. The molecule has 0 unspecified atom stereocenters. The summed E-state index contributed by atoms with van der Waals surface area (Å²) >= 11 is 8.72. The number of carbonyl (C=O) groups excluding carboxylic acids is 4. The monoisotopic (exact) mass is 1440 g/mol. The Morgan fingerprint density at radius 1 is 0.535 bits per heavy atom. The normalized spacial score (nSPS) is 18.5. The second-order valence-electron chi connectivity index (χ2n) is 25.3. The van der Waals surface area contributed by atoms with E-state index in [4.69, 9.17) is 11.6 Å². The summed E-state index contributed by atoms with van der Waals surface area (Å²) in [6.07, 6.45) is 12.5. The van der Waals surface area contributed by atoms with Crippen molar-refractivity contribution in [3.63, 3.8) is 0 Å². The van der Waals surface area contributed by atoms with E-state index in [9.17, 15) is 45.5 Å². The number of alkyl halides is 7. The molecule has 0 radical (unpaired) electrons. The van der Waals surface area contributed by atoms with Gasteiger partial charge in [-0.05, 0) is 154 Å². The van der Waals surface area contributed by atoms with Gasteiger partial charge in [0.1, 0.15) is 40.2 Å². The van der Waals surface area contributed by atoms with Crippen molar-refractivity contribution in [1.29, 1.82) is 0 Å². The number of carbonyl (C=O) groups is 4. The first-order valence-electron chi connectivity index (χ1n) is 32.9. The highest BCUT2D eigenvalue weighted by atomic mass is 35.5. The molecule has 0 aliphatic carbocycles. The standard InChI is InChI=1S/C36H35F3N8O2S.C20H19F3N4OS.C16H17ClN4O/c1-50-35(31(49)18-23-3-5-28-27(17-23)33(45-44-28)25-7-13-40-30(19-25)36(37,38)39)10-16-46(22-35)21-29(48)24-8-14-47(15-9-24)32-6-4-26(20-43-32)34-41-11-2-12-42-34;1-29-19(5-7-24-11-19)17(28)9-12-2-3-15-14(8-12)18(27-26-15)13-4-6-25-16(10-13)20(21,22)23;17-10-14(22)12-4-8-21(9-5-12)15-3-2-13(11-20-15)16-18-6-1-7-19-16/h2-7,11-13,17,19-20,24H,8-10,14-16,18,21-22H2,1H3,(H,44,45);2-4,6,8,10,24H,5,7,9,11H2,1H3,(H,26,27);1-3,6-7,11-12H,4-5,8-10H2/t35-;19-;/m00./s1. The largest absolute Gasteiger partial charge is 0.433 e. The summed E-state index contributed by atoms with van der Waals surface area (Å²) in [5.74, 6) is 3.88. The van der Waals surface area contributed by atoms with Gasteiger partial charge in [0.05, 0.1) is 33.0 Å². The first kappa shape index (κ1) is 71.7. The van der Waals surface area contributed by atoms with Gasteiger partial charge in [0.2, 0.25) is 0 Å².